The van der Waals surface area contributed by atoms with Crippen molar-refractivity contribution in [1.82, 2.24) is 10.3 Å². The van der Waals surface area contributed by atoms with Crippen LogP contribution in [0.3, 0.4) is 0 Å². The van der Waals surface area contributed by atoms with E-state index in [1.54, 1.807) is 18.5 Å². The van der Waals surface area contributed by atoms with Crippen molar-refractivity contribution in [2.45, 2.75) is 25.8 Å². The lowest BCUT2D eigenvalue weighted by Crippen LogP contribution is -2.24. The molecule has 1 heterocycles. The molecule has 0 amide bonds. The first-order valence-corrected chi connectivity index (χ1v) is 8.06. The maximum atomic E-state index is 13.8. The molecule has 0 radical (unpaired) electrons. The molecule has 0 aliphatic carbocycles. The van der Waals surface area contributed by atoms with Gasteiger partial charge in [-0.25, -0.2) is 4.39 Å². The van der Waals surface area contributed by atoms with Gasteiger partial charge in [0.2, 0.25) is 0 Å². The fourth-order valence-electron chi connectivity index (χ4n) is 2.19. The standard InChI is InChI=1S/C16H17BrClFN2/c1-2-7-21-15(9-11-6-8-20-10-13(11)18)12-4-3-5-14(19)16(12)17/h3-6,8,10,15,21H,2,7,9H2,1H3. The molecule has 0 fully saturated rings. The third-order valence-corrected chi connectivity index (χ3v) is 4.46. The van der Waals surface area contributed by atoms with Crippen molar-refractivity contribution >= 4 is 27.5 Å². The Morgan fingerprint density at radius 3 is 2.90 bits per heavy atom. The predicted molar refractivity (Wildman–Crippen MR) is 88.1 cm³/mol. The Morgan fingerprint density at radius 1 is 1.38 bits per heavy atom. The van der Waals surface area contributed by atoms with Gasteiger partial charge < -0.3 is 5.32 Å². The van der Waals surface area contributed by atoms with Gasteiger partial charge in [0.25, 0.3) is 0 Å². The summed E-state index contributed by atoms with van der Waals surface area (Å²) in [5.41, 5.74) is 1.90. The molecule has 0 saturated carbocycles. The maximum absolute atomic E-state index is 13.8. The number of pyridine rings is 1. The third kappa shape index (κ3) is 4.25. The fourth-order valence-corrected chi connectivity index (χ4v) is 2.93. The zero-order valence-corrected chi connectivity index (χ0v) is 14.1. The van der Waals surface area contributed by atoms with Gasteiger partial charge in [0.1, 0.15) is 5.82 Å². The summed E-state index contributed by atoms with van der Waals surface area (Å²) in [4.78, 5) is 4.00. The van der Waals surface area contributed by atoms with E-state index in [-0.39, 0.29) is 11.9 Å². The molecule has 5 heteroatoms. The van der Waals surface area contributed by atoms with Crippen LogP contribution in [0, 0.1) is 5.82 Å². The van der Waals surface area contributed by atoms with Crippen LogP contribution in [0.25, 0.3) is 0 Å². The minimum absolute atomic E-state index is 0.00470. The van der Waals surface area contributed by atoms with Gasteiger partial charge in [-0.3, -0.25) is 4.98 Å². The molecule has 2 nitrogen and oxygen atoms in total. The summed E-state index contributed by atoms with van der Waals surface area (Å²) in [6, 6.07) is 7.00. The van der Waals surface area contributed by atoms with E-state index in [4.69, 9.17) is 11.6 Å². The molecule has 1 atom stereocenters. The van der Waals surface area contributed by atoms with E-state index < -0.39 is 0 Å². The van der Waals surface area contributed by atoms with E-state index in [1.807, 2.05) is 12.1 Å². The second kappa shape index (κ2) is 7.87. The lowest BCUT2D eigenvalue weighted by molar-refractivity contribution is 0.521. The Labute approximate surface area is 137 Å². The third-order valence-electron chi connectivity index (χ3n) is 3.28. The van der Waals surface area contributed by atoms with E-state index >= 15 is 0 Å². The summed E-state index contributed by atoms with van der Waals surface area (Å²) >= 11 is 9.53. The average Bonchev–Trinajstić information content (AvgIpc) is 2.48. The van der Waals surface area contributed by atoms with Crippen molar-refractivity contribution in [3.8, 4) is 0 Å². The Balaban J connectivity index is 2.30. The predicted octanol–water partition coefficient (Wildman–Crippen LogP) is 4.92. The van der Waals surface area contributed by atoms with Gasteiger partial charge in [0, 0.05) is 18.4 Å². The first-order valence-electron chi connectivity index (χ1n) is 6.89. The van der Waals surface area contributed by atoms with E-state index in [0.717, 1.165) is 24.1 Å². The second-order valence-corrected chi connectivity index (χ2v) is 6.02. The fraction of sp³-hybridized carbons (Fsp3) is 0.312. The van der Waals surface area contributed by atoms with Crippen LogP contribution in [-0.2, 0) is 6.42 Å². The van der Waals surface area contributed by atoms with Gasteiger partial charge in [-0.1, -0.05) is 30.7 Å². The SMILES string of the molecule is CCCNC(Cc1ccncc1Cl)c1cccc(F)c1Br. The molecule has 1 unspecified atom stereocenters. The minimum atomic E-state index is -0.253. The van der Waals surface area contributed by atoms with Crippen LogP contribution in [0.5, 0.6) is 0 Å². The quantitative estimate of drug-likeness (QED) is 0.779. The van der Waals surface area contributed by atoms with Gasteiger partial charge in [0.15, 0.2) is 0 Å². The molecule has 21 heavy (non-hydrogen) atoms. The number of nitrogens with zero attached hydrogens (tertiary/aromatic N) is 1. The van der Waals surface area contributed by atoms with Crippen molar-refractivity contribution < 1.29 is 4.39 Å². The number of benzene rings is 1. The Kier molecular flexibility index (Phi) is 6.15. The maximum Gasteiger partial charge on any atom is 0.137 e. The van der Waals surface area contributed by atoms with Gasteiger partial charge in [-0.15, -0.1) is 0 Å². The lowest BCUT2D eigenvalue weighted by atomic mass is 9.99. The molecule has 0 saturated heterocycles. The summed E-state index contributed by atoms with van der Waals surface area (Å²) in [6.45, 7) is 2.96. The van der Waals surface area contributed by atoms with Crippen molar-refractivity contribution in [1.29, 1.82) is 0 Å². The second-order valence-electron chi connectivity index (χ2n) is 4.82. The summed E-state index contributed by atoms with van der Waals surface area (Å²) in [5.74, 6) is -0.253. The number of aromatic nitrogens is 1. The first-order chi connectivity index (χ1) is 10.1. The Bertz CT molecular complexity index is 607. The zero-order chi connectivity index (χ0) is 15.2. The van der Waals surface area contributed by atoms with Crippen molar-refractivity contribution in [2.24, 2.45) is 0 Å². The molecule has 0 aliphatic heterocycles. The van der Waals surface area contributed by atoms with Gasteiger partial charge in [-0.2, -0.15) is 0 Å². The number of rotatable bonds is 6. The van der Waals surface area contributed by atoms with Crippen LogP contribution >= 0.6 is 27.5 Å². The number of hydrogen-bond acceptors (Lipinski definition) is 2. The van der Waals surface area contributed by atoms with Crippen LogP contribution in [0.2, 0.25) is 5.02 Å². The Morgan fingerprint density at radius 2 is 2.19 bits per heavy atom. The largest absolute Gasteiger partial charge is 0.310 e. The highest BCUT2D eigenvalue weighted by molar-refractivity contribution is 9.10. The highest BCUT2D eigenvalue weighted by atomic mass is 79.9. The van der Waals surface area contributed by atoms with E-state index in [2.05, 4.69) is 33.2 Å². The van der Waals surface area contributed by atoms with Gasteiger partial charge in [0.05, 0.1) is 9.50 Å². The van der Waals surface area contributed by atoms with Gasteiger partial charge >= 0.3 is 0 Å². The molecule has 1 aromatic heterocycles. The molecule has 112 valence electrons. The lowest BCUT2D eigenvalue weighted by Gasteiger charge is -2.21. The van der Waals surface area contributed by atoms with Crippen LogP contribution in [0.15, 0.2) is 41.1 Å². The average molecular weight is 372 g/mol. The molecular weight excluding hydrogens is 355 g/mol. The van der Waals surface area contributed by atoms with Crippen LogP contribution in [-0.4, -0.2) is 11.5 Å². The van der Waals surface area contributed by atoms with Crippen molar-refractivity contribution in [3.05, 3.63) is 63.1 Å². The number of halogens is 3. The zero-order valence-electron chi connectivity index (χ0n) is 11.7. The molecule has 0 spiro atoms. The van der Waals surface area contributed by atoms with Crippen LogP contribution < -0.4 is 5.32 Å². The number of hydrogen-bond donors (Lipinski definition) is 1. The summed E-state index contributed by atoms with van der Waals surface area (Å²) in [5, 5.41) is 4.09. The molecule has 1 N–H and O–H groups in total. The molecule has 2 rings (SSSR count). The van der Waals surface area contributed by atoms with Crippen molar-refractivity contribution in [2.75, 3.05) is 6.54 Å². The normalized spacial score (nSPS) is 12.4. The Hall–Kier alpha value is -0.970. The van der Waals surface area contributed by atoms with Crippen LogP contribution in [0.1, 0.15) is 30.5 Å². The minimum Gasteiger partial charge on any atom is -0.310 e. The van der Waals surface area contributed by atoms with Crippen molar-refractivity contribution in [3.63, 3.8) is 0 Å². The molecule has 0 aliphatic rings. The van der Waals surface area contributed by atoms with E-state index in [0.29, 0.717) is 15.9 Å². The molecule has 0 bridgehead atoms. The monoisotopic (exact) mass is 370 g/mol. The smallest absolute Gasteiger partial charge is 0.137 e. The summed E-state index contributed by atoms with van der Waals surface area (Å²) in [6.07, 6.45) is 5.05. The van der Waals surface area contributed by atoms with Crippen LogP contribution in [0.4, 0.5) is 4.39 Å². The molecule has 1 aromatic carbocycles. The summed E-state index contributed by atoms with van der Waals surface area (Å²) in [7, 11) is 0. The molecular formula is C16H17BrClFN2. The van der Waals surface area contributed by atoms with Gasteiger partial charge in [-0.05, 0) is 58.6 Å². The summed E-state index contributed by atoms with van der Waals surface area (Å²) < 4.78 is 14.3. The molecule has 2 aromatic rings. The first kappa shape index (κ1) is 16.4. The number of nitrogens with one attached hydrogen (secondary N) is 1. The van der Waals surface area contributed by atoms with E-state index in [9.17, 15) is 4.39 Å². The highest BCUT2D eigenvalue weighted by Gasteiger charge is 2.17. The topological polar surface area (TPSA) is 24.9 Å². The highest BCUT2D eigenvalue weighted by Crippen LogP contribution is 2.29. The van der Waals surface area contributed by atoms with E-state index in [1.165, 1.54) is 6.07 Å².